The highest BCUT2D eigenvalue weighted by molar-refractivity contribution is 5.91. The van der Waals surface area contributed by atoms with Crippen LogP contribution in [-0.4, -0.2) is 14.8 Å². The summed E-state index contributed by atoms with van der Waals surface area (Å²) in [5.41, 5.74) is 4.94. The van der Waals surface area contributed by atoms with E-state index in [9.17, 15) is 22.0 Å². The highest BCUT2D eigenvalue weighted by Gasteiger charge is 2.35. The molecule has 0 aliphatic rings. The lowest BCUT2D eigenvalue weighted by molar-refractivity contribution is -0.136. The van der Waals surface area contributed by atoms with Crippen LogP contribution in [0.5, 0.6) is 0 Å². The number of aryl methyl sites for hydroxylation is 1. The number of alkyl halides is 5. The van der Waals surface area contributed by atoms with Crippen LogP contribution in [0.2, 0.25) is 0 Å². The minimum atomic E-state index is -4.62. The Morgan fingerprint density at radius 1 is 1.04 bits per heavy atom. The number of rotatable bonds is 2. The smallest absolute Gasteiger partial charge is 0.383 e. The van der Waals surface area contributed by atoms with E-state index in [1.807, 2.05) is 0 Å². The van der Waals surface area contributed by atoms with Crippen molar-refractivity contribution in [1.29, 1.82) is 0 Å². The van der Waals surface area contributed by atoms with Crippen LogP contribution in [0, 0.1) is 6.92 Å². The van der Waals surface area contributed by atoms with Crippen LogP contribution in [0.15, 0.2) is 30.3 Å². The van der Waals surface area contributed by atoms with E-state index in [1.165, 1.54) is 31.2 Å². The second-order valence-electron chi connectivity index (χ2n) is 5.74. The molecule has 9 heteroatoms. The molecule has 0 radical (unpaired) electrons. The lowest BCUT2D eigenvalue weighted by atomic mass is 10.1. The van der Waals surface area contributed by atoms with Gasteiger partial charge in [0.15, 0.2) is 5.65 Å². The molecule has 2 N–H and O–H groups in total. The van der Waals surface area contributed by atoms with E-state index in [0.29, 0.717) is 0 Å². The number of benzene rings is 1. The number of nitrogens with zero attached hydrogens (tertiary/aromatic N) is 3. The minimum absolute atomic E-state index is 0.144. The fourth-order valence-corrected chi connectivity index (χ4v) is 2.55. The molecule has 0 aliphatic heterocycles. The van der Waals surface area contributed by atoms with Crippen molar-refractivity contribution in [3.63, 3.8) is 0 Å². The molecule has 0 aliphatic carbocycles. The molecule has 2 aromatic heterocycles. The number of nitrogens with two attached hydrogens (primary N) is 1. The summed E-state index contributed by atoms with van der Waals surface area (Å²) in [6, 6.07) is 5.87. The standard InChI is InChI=1S/C16H13F5N4/c1-8-7-11(16(19,20)21)12-13(22)25(24-14(12)23-8)10-5-3-9(4-6-10)15(2,17)18/h3-7H,22H2,1-2H3. The van der Waals surface area contributed by atoms with Gasteiger partial charge in [0.05, 0.1) is 16.6 Å². The number of fused-ring (bicyclic) bond motifs is 1. The maximum atomic E-state index is 13.3. The number of nitrogen functional groups attached to an aromatic ring is 1. The van der Waals surface area contributed by atoms with E-state index in [-0.39, 0.29) is 33.8 Å². The first-order chi connectivity index (χ1) is 11.5. The first-order valence-corrected chi connectivity index (χ1v) is 7.20. The van der Waals surface area contributed by atoms with Crippen molar-refractivity contribution in [3.8, 4) is 5.69 Å². The molecule has 0 spiro atoms. The summed E-state index contributed by atoms with van der Waals surface area (Å²) < 4.78 is 67.4. The van der Waals surface area contributed by atoms with Gasteiger partial charge in [-0.05, 0) is 25.1 Å². The van der Waals surface area contributed by atoms with E-state index in [4.69, 9.17) is 5.73 Å². The molecule has 25 heavy (non-hydrogen) atoms. The zero-order valence-electron chi connectivity index (χ0n) is 13.2. The van der Waals surface area contributed by atoms with Gasteiger partial charge in [-0.3, -0.25) is 0 Å². The molecule has 1 aromatic carbocycles. The summed E-state index contributed by atoms with van der Waals surface area (Å²) in [5, 5.41) is 3.69. The van der Waals surface area contributed by atoms with Gasteiger partial charge in [-0.1, -0.05) is 12.1 Å². The zero-order chi connectivity index (χ0) is 18.6. The first kappa shape index (κ1) is 17.1. The summed E-state index contributed by atoms with van der Waals surface area (Å²) in [6.45, 7) is 2.17. The third-order valence-electron chi connectivity index (χ3n) is 3.73. The van der Waals surface area contributed by atoms with Gasteiger partial charge >= 0.3 is 6.18 Å². The molecule has 132 valence electrons. The summed E-state index contributed by atoms with van der Waals surface area (Å²) in [4.78, 5) is 3.98. The quantitative estimate of drug-likeness (QED) is 0.691. The maximum Gasteiger partial charge on any atom is 0.417 e. The van der Waals surface area contributed by atoms with E-state index in [1.54, 1.807) is 0 Å². The number of anilines is 1. The van der Waals surface area contributed by atoms with Crippen molar-refractivity contribution in [2.45, 2.75) is 25.9 Å². The molecule has 0 fully saturated rings. The topological polar surface area (TPSA) is 56.7 Å². The average Bonchev–Trinajstić information content (AvgIpc) is 2.81. The van der Waals surface area contributed by atoms with Crippen LogP contribution in [0.25, 0.3) is 16.7 Å². The van der Waals surface area contributed by atoms with E-state index in [0.717, 1.165) is 17.7 Å². The molecule has 4 nitrogen and oxygen atoms in total. The van der Waals surface area contributed by atoms with Crippen LogP contribution >= 0.6 is 0 Å². The van der Waals surface area contributed by atoms with Gasteiger partial charge in [-0.25, -0.2) is 18.4 Å². The second kappa shape index (κ2) is 5.40. The number of halogens is 5. The largest absolute Gasteiger partial charge is 0.417 e. The zero-order valence-corrected chi connectivity index (χ0v) is 13.2. The van der Waals surface area contributed by atoms with E-state index in [2.05, 4.69) is 10.1 Å². The van der Waals surface area contributed by atoms with Crippen molar-refractivity contribution in [1.82, 2.24) is 14.8 Å². The number of hydrogen-bond acceptors (Lipinski definition) is 3. The Morgan fingerprint density at radius 2 is 1.64 bits per heavy atom. The van der Waals surface area contributed by atoms with Gasteiger partial charge in [0.1, 0.15) is 5.82 Å². The predicted octanol–water partition coefficient (Wildman–Crippen LogP) is 4.44. The second-order valence-corrected chi connectivity index (χ2v) is 5.74. The van der Waals surface area contributed by atoms with Gasteiger partial charge < -0.3 is 5.73 Å². The normalized spacial score (nSPS) is 12.8. The van der Waals surface area contributed by atoms with E-state index < -0.39 is 17.7 Å². The summed E-state index contributed by atoms with van der Waals surface area (Å²) in [5.74, 6) is -3.29. The Morgan fingerprint density at radius 3 is 2.16 bits per heavy atom. The first-order valence-electron chi connectivity index (χ1n) is 7.20. The molecule has 0 unspecified atom stereocenters. The minimum Gasteiger partial charge on any atom is -0.383 e. The third kappa shape index (κ3) is 3.01. The van der Waals surface area contributed by atoms with Gasteiger partial charge in [-0.15, -0.1) is 5.10 Å². The van der Waals surface area contributed by atoms with Gasteiger partial charge in [0.2, 0.25) is 0 Å². The van der Waals surface area contributed by atoms with Crippen LogP contribution in [0.1, 0.15) is 23.7 Å². The average molecular weight is 356 g/mol. The SMILES string of the molecule is Cc1cc(C(F)(F)F)c2c(N)n(-c3ccc(C(C)(F)F)cc3)nc2n1. The summed E-state index contributed by atoms with van der Waals surface area (Å²) >= 11 is 0. The van der Waals surface area contributed by atoms with Crippen molar-refractivity contribution < 1.29 is 22.0 Å². The molecule has 0 amide bonds. The molecular weight excluding hydrogens is 343 g/mol. The van der Waals surface area contributed by atoms with Crippen molar-refractivity contribution in [2.24, 2.45) is 0 Å². The molecular formula is C16H13F5N4. The molecule has 0 atom stereocenters. The Labute approximate surface area is 139 Å². The summed E-state index contributed by atoms with van der Waals surface area (Å²) in [7, 11) is 0. The van der Waals surface area contributed by atoms with Crippen molar-refractivity contribution >= 4 is 16.9 Å². The Hall–Kier alpha value is -2.71. The fourth-order valence-electron chi connectivity index (χ4n) is 2.55. The van der Waals surface area contributed by atoms with Gasteiger partial charge in [-0.2, -0.15) is 13.2 Å². The van der Waals surface area contributed by atoms with Gasteiger partial charge in [0.25, 0.3) is 5.92 Å². The third-order valence-corrected chi connectivity index (χ3v) is 3.73. The van der Waals surface area contributed by atoms with Crippen LogP contribution in [-0.2, 0) is 12.1 Å². The molecule has 0 bridgehead atoms. The van der Waals surface area contributed by atoms with Gasteiger partial charge in [0, 0.05) is 18.2 Å². The Kier molecular flexibility index (Phi) is 3.70. The predicted molar refractivity (Wildman–Crippen MR) is 82.6 cm³/mol. The summed E-state index contributed by atoms with van der Waals surface area (Å²) in [6.07, 6.45) is -4.62. The highest BCUT2D eigenvalue weighted by Crippen LogP contribution is 2.38. The Balaban J connectivity index is 2.20. The molecule has 2 heterocycles. The number of aromatic nitrogens is 3. The molecule has 0 saturated heterocycles. The number of pyridine rings is 1. The van der Waals surface area contributed by atoms with Crippen molar-refractivity contribution in [2.75, 3.05) is 5.73 Å². The monoisotopic (exact) mass is 356 g/mol. The number of hydrogen-bond donors (Lipinski definition) is 1. The Bertz CT molecular complexity index is 936. The molecule has 3 aromatic rings. The lowest BCUT2D eigenvalue weighted by Crippen LogP contribution is -2.09. The van der Waals surface area contributed by atoms with Crippen LogP contribution in [0.3, 0.4) is 0 Å². The van der Waals surface area contributed by atoms with Crippen LogP contribution < -0.4 is 5.73 Å². The lowest BCUT2D eigenvalue weighted by Gasteiger charge is -2.11. The van der Waals surface area contributed by atoms with Crippen molar-refractivity contribution in [3.05, 3.63) is 47.2 Å². The maximum absolute atomic E-state index is 13.3. The van der Waals surface area contributed by atoms with Crippen LogP contribution in [0.4, 0.5) is 27.8 Å². The van der Waals surface area contributed by atoms with E-state index >= 15 is 0 Å². The highest BCUT2D eigenvalue weighted by atomic mass is 19.4. The molecule has 0 saturated carbocycles. The molecule has 3 rings (SSSR count). The fraction of sp³-hybridized carbons (Fsp3) is 0.250.